The zero-order chi connectivity index (χ0) is 15.9. The first-order valence-electron chi connectivity index (χ1n) is 5.90. The summed E-state index contributed by atoms with van der Waals surface area (Å²) in [5.41, 5.74) is 0.567. The molecule has 3 rings (SSSR count). The number of nitrogens with zero attached hydrogens (tertiary/aromatic N) is 2. The van der Waals surface area contributed by atoms with Crippen molar-refractivity contribution in [2.45, 2.75) is 4.90 Å². The molecule has 3 aromatic rings. The predicted octanol–water partition coefficient (Wildman–Crippen LogP) is 4.92. The van der Waals surface area contributed by atoms with Crippen molar-refractivity contribution >= 4 is 60.5 Å². The van der Waals surface area contributed by atoms with Crippen molar-refractivity contribution in [3.05, 3.63) is 56.4 Å². The Morgan fingerprint density at radius 3 is 2.59 bits per heavy atom. The molecule has 9 heteroatoms. The second-order valence-corrected chi connectivity index (χ2v) is 9.33. The van der Waals surface area contributed by atoms with Gasteiger partial charge in [0.15, 0.2) is 0 Å². The molecule has 0 aliphatic heterocycles. The normalized spacial score (nSPS) is 11.8. The van der Waals surface area contributed by atoms with Crippen LogP contribution in [0.15, 0.2) is 51.3 Å². The Morgan fingerprint density at radius 2 is 1.91 bits per heavy atom. The quantitative estimate of drug-likeness (QED) is 0.584. The highest BCUT2D eigenvalue weighted by Crippen LogP contribution is 2.31. The van der Waals surface area contributed by atoms with E-state index in [9.17, 15) is 8.42 Å². The molecule has 0 saturated carbocycles. The number of thiophene rings is 1. The molecular weight excluding hydrogens is 431 g/mol. The summed E-state index contributed by atoms with van der Waals surface area (Å²) in [5.74, 6) is 0. The van der Waals surface area contributed by atoms with E-state index in [0.717, 1.165) is 12.8 Å². The molecule has 0 amide bonds. The van der Waals surface area contributed by atoms with Crippen molar-refractivity contribution < 1.29 is 8.42 Å². The summed E-state index contributed by atoms with van der Waals surface area (Å²) in [4.78, 5) is 0.779. The van der Waals surface area contributed by atoms with Crippen LogP contribution in [0.4, 0.5) is 0 Å². The highest BCUT2D eigenvalue weighted by molar-refractivity contribution is 9.11. The summed E-state index contributed by atoms with van der Waals surface area (Å²) in [6, 6.07) is 9.65. The molecule has 0 spiro atoms. The fourth-order valence-electron chi connectivity index (χ4n) is 1.80. The molecule has 0 aliphatic rings. The minimum absolute atomic E-state index is 0.0799. The maximum Gasteiger partial charge on any atom is 0.284 e. The molecule has 0 unspecified atom stereocenters. The minimum Gasteiger partial charge on any atom is -0.199 e. The zero-order valence-electron chi connectivity index (χ0n) is 10.7. The van der Waals surface area contributed by atoms with Gasteiger partial charge in [0, 0.05) is 11.2 Å². The summed E-state index contributed by atoms with van der Waals surface area (Å²) in [6.45, 7) is 0. The summed E-state index contributed by atoms with van der Waals surface area (Å²) in [6.07, 6.45) is 1.38. The number of hydrogen-bond acceptors (Lipinski definition) is 4. The Balaban J connectivity index is 2.07. The average Bonchev–Trinajstić information content (AvgIpc) is 3.10. The van der Waals surface area contributed by atoms with Gasteiger partial charge in [-0.05, 0) is 52.3 Å². The van der Waals surface area contributed by atoms with Crippen LogP contribution in [0.5, 0.6) is 0 Å². The van der Waals surface area contributed by atoms with E-state index in [0.29, 0.717) is 5.69 Å². The maximum atomic E-state index is 12.6. The molecular formula is C13H7BrCl2N2O2S2. The Morgan fingerprint density at radius 1 is 1.14 bits per heavy atom. The molecule has 0 bridgehead atoms. The molecule has 0 atom stereocenters. The zero-order valence-corrected chi connectivity index (χ0v) is 15.4. The van der Waals surface area contributed by atoms with Crippen LogP contribution in [-0.4, -0.2) is 17.6 Å². The third kappa shape index (κ3) is 2.96. The topological polar surface area (TPSA) is 52.0 Å². The summed E-state index contributed by atoms with van der Waals surface area (Å²) in [5, 5.41) is 4.52. The van der Waals surface area contributed by atoms with Crippen LogP contribution < -0.4 is 0 Å². The maximum absolute atomic E-state index is 12.6. The van der Waals surface area contributed by atoms with E-state index in [1.165, 1.54) is 35.7 Å². The van der Waals surface area contributed by atoms with Crippen LogP contribution in [0.25, 0.3) is 10.6 Å². The lowest BCUT2D eigenvalue weighted by molar-refractivity contribution is 0.580. The van der Waals surface area contributed by atoms with Crippen molar-refractivity contribution in [3.8, 4) is 10.6 Å². The second-order valence-electron chi connectivity index (χ2n) is 4.26. The molecule has 0 aliphatic carbocycles. The van der Waals surface area contributed by atoms with E-state index in [-0.39, 0.29) is 14.9 Å². The summed E-state index contributed by atoms with van der Waals surface area (Å²) in [7, 11) is -3.89. The Hall–Kier alpha value is -0.860. The van der Waals surface area contributed by atoms with E-state index >= 15 is 0 Å². The van der Waals surface area contributed by atoms with Crippen molar-refractivity contribution in [2.24, 2.45) is 0 Å². The third-order valence-electron chi connectivity index (χ3n) is 2.81. The van der Waals surface area contributed by atoms with Gasteiger partial charge >= 0.3 is 0 Å². The predicted molar refractivity (Wildman–Crippen MR) is 92.3 cm³/mol. The van der Waals surface area contributed by atoms with E-state index < -0.39 is 10.0 Å². The van der Waals surface area contributed by atoms with Crippen molar-refractivity contribution in [2.75, 3.05) is 0 Å². The minimum atomic E-state index is -3.89. The molecule has 0 saturated heterocycles. The fraction of sp³-hybridized carbons (Fsp3) is 0. The van der Waals surface area contributed by atoms with E-state index in [2.05, 4.69) is 21.0 Å². The molecule has 2 aromatic heterocycles. The summed E-state index contributed by atoms with van der Waals surface area (Å²) < 4.78 is 27.1. The third-order valence-corrected chi connectivity index (χ3v) is 6.72. The number of hydrogen-bond donors (Lipinski definition) is 0. The smallest absolute Gasteiger partial charge is 0.199 e. The lowest BCUT2D eigenvalue weighted by atomic mass is 10.4. The van der Waals surface area contributed by atoms with Crippen LogP contribution in [0.1, 0.15) is 0 Å². The van der Waals surface area contributed by atoms with Crippen LogP contribution >= 0.6 is 50.5 Å². The lowest BCUT2D eigenvalue weighted by Gasteiger charge is -2.06. The van der Waals surface area contributed by atoms with E-state index in [1.54, 1.807) is 6.07 Å². The number of halogens is 3. The van der Waals surface area contributed by atoms with Gasteiger partial charge in [-0.3, -0.25) is 0 Å². The molecule has 0 fully saturated rings. The standard InChI is InChI=1S/C13H7BrCl2N2O2S2/c14-13-4-3-11(21-13)10-5-6-18(17-10)22(19,20)12-7-8(15)1-2-9(12)16/h1-7H. The van der Waals surface area contributed by atoms with E-state index in [4.69, 9.17) is 23.2 Å². The molecule has 0 radical (unpaired) electrons. The van der Waals surface area contributed by atoms with Gasteiger partial charge < -0.3 is 0 Å². The Bertz CT molecular complexity index is 951. The van der Waals surface area contributed by atoms with Crippen molar-refractivity contribution in [1.82, 2.24) is 9.19 Å². The first-order valence-corrected chi connectivity index (χ1v) is 9.70. The molecule has 114 valence electrons. The largest absolute Gasteiger partial charge is 0.284 e. The fourth-order valence-corrected chi connectivity index (χ4v) is 5.01. The average molecular weight is 438 g/mol. The first kappa shape index (κ1) is 16.0. The number of rotatable bonds is 3. The monoisotopic (exact) mass is 436 g/mol. The highest BCUT2D eigenvalue weighted by atomic mass is 79.9. The van der Waals surface area contributed by atoms with Gasteiger partial charge in [-0.2, -0.15) is 17.6 Å². The van der Waals surface area contributed by atoms with Crippen molar-refractivity contribution in [3.63, 3.8) is 0 Å². The van der Waals surface area contributed by atoms with Gasteiger partial charge in [0.2, 0.25) is 0 Å². The van der Waals surface area contributed by atoms with Gasteiger partial charge in [0.05, 0.1) is 13.7 Å². The lowest BCUT2D eigenvalue weighted by Crippen LogP contribution is -2.14. The molecule has 2 heterocycles. The summed E-state index contributed by atoms with van der Waals surface area (Å²) >= 11 is 16.7. The number of aromatic nitrogens is 2. The Labute approximate surface area is 149 Å². The van der Waals surface area contributed by atoms with Crippen LogP contribution in [0.3, 0.4) is 0 Å². The van der Waals surface area contributed by atoms with Crippen molar-refractivity contribution in [1.29, 1.82) is 0 Å². The molecule has 22 heavy (non-hydrogen) atoms. The van der Waals surface area contributed by atoms with Gasteiger partial charge in [-0.25, -0.2) is 0 Å². The highest BCUT2D eigenvalue weighted by Gasteiger charge is 2.22. The van der Waals surface area contributed by atoms with Crippen LogP contribution in [0.2, 0.25) is 10.0 Å². The molecule has 4 nitrogen and oxygen atoms in total. The van der Waals surface area contributed by atoms with Gasteiger partial charge in [0.1, 0.15) is 10.6 Å². The first-order chi connectivity index (χ1) is 10.4. The second kappa shape index (κ2) is 5.98. The van der Waals surface area contributed by atoms with Crippen LogP contribution in [0, 0.1) is 0 Å². The molecule has 1 aromatic carbocycles. The number of benzene rings is 1. The van der Waals surface area contributed by atoms with Crippen LogP contribution in [-0.2, 0) is 10.0 Å². The Kier molecular flexibility index (Phi) is 4.35. The van der Waals surface area contributed by atoms with Gasteiger partial charge in [-0.1, -0.05) is 23.2 Å². The van der Waals surface area contributed by atoms with Gasteiger partial charge in [0.25, 0.3) is 10.0 Å². The van der Waals surface area contributed by atoms with E-state index in [1.807, 2.05) is 12.1 Å². The SMILES string of the molecule is O=S(=O)(c1cc(Cl)ccc1Cl)n1ccc(-c2ccc(Br)s2)n1. The molecule has 0 N–H and O–H groups in total. The van der Waals surface area contributed by atoms with Gasteiger partial charge in [-0.15, -0.1) is 11.3 Å².